The fraction of sp³-hybridized carbons (Fsp3) is 0.125. The Bertz CT molecular complexity index is 229. The number of benzene rings is 1. The first kappa shape index (κ1) is 14.4. The van der Waals surface area contributed by atoms with E-state index in [0.29, 0.717) is 0 Å². The maximum Gasteiger partial charge on any atom is 0.230 e. The zero-order valence-corrected chi connectivity index (χ0v) is 8.01. The van der Waals surface area contributed by atoms with Crippen LogP contribution in [0.15, 0.2) is 30.3 Å². The smallest absolute Gasteiger partial charge is 0.230 e. The lowest BCUT2D eigenvalue weighted by Gasteiger charge is -1.80. The van der Waals surface area contributed by atoms with E-state index in [1.807, 2.05) is 35.8 Å². The highest BCUT2D eigenvalue weighted by Gasteiger charge is 1.75. The molecule has 0 aliphatic carbocycles. The largest absolute Gasteiger partial charge is 0.412 e. The number of hydrogen-bond acceptors (Lipinski definition) is 2. The van der Waals surface area contributed by atoms with Crippen molar-refractivity contribution in [3.63, 3.8) is 0 Å². The minimum absolute atomic E-state index is 0. The standard InChI is InChI=1S/C6H5Cl.C2H6N2O.H2O/c7-6-4-2-1-3-5-6;1-2(5)4-3;/h1-5H;3H2,1H3,(H,4,5);1H2. The molecule has 1 amide bonds. The Morgan fingerprint density at radius 3 is 1.92 bits per heavy atom. The molecule has 0 heterocycles. The van der Waals surface area contributed by atoms with Gasteiger partial charge in [-0.2, -0.15) is 0 Å². The number of halogens is 1. The number of rotatable bonds is 0. The Morgan fingerprint density at radius 1 is 1.38 bits per heavy atom. The summed E-state index contributed by atoms with van der Waals surface area (Å²) in [5.41, 5.74) is 1.89. The number of carbonyl (C=O) groups excluding carboxylic acids is 1. The molecule has 0 radical (unpaired) electrons. The SMILES string of the molecule is CC(=O)NN.Clc1ccccc1.O. The number of carbonyl (C=O) groups is 1. The molecule has 74 valence electrons. The summed E-state index contributed by atoms with van der Waals surface area (Å²) in [4.78, 5) is 9.58. The predicted octanol–water partition coefficient (Wildman–Crippen LogP) is 0.512. The predicted molar refractivity (Wildman–Crippen MR) is 53.1 cm³/mol. The highest BCUT2D eigenvalue weighted by Crippen LogP contribution is 2.03. The molecule has 0 bridgehead atoms. The Balaban J connectivity index is 0. The lowest BCUT2D eigenvalue weighted by atomic mass is 10.4. The first-order valence-corrected chi connectivity index (χ1v) is 3.72. The van der Waals surface area contributed by atoms with Crippen molar-refractivity contribution in [2.24, 2.45) is 5.84 Å². The Morgan fingerprint density at radius 2 is 1.77 bits per heavy atom. The van der Waals surface area contributed by atoms with E-state index in [9.17, 15) is 4.79 Å². The Hall–Kier alpha value is -1.10. The van der Waals surface area contributed by atoms with Crippen molar-refractivity contribution in [2.75, 3.05) is 0 Å². The van der Waals surface area contributed by atoms with Crippen molar-refractivity contribution in [1.29, 1.82) is 0 Å². The number of nitrogens with two attached hydrogens (primary N) is 1. The third-order valence-corrected chi connectivity index (χ3v) is 1.19. The van der Waals surface area contributed by atoms with Crippen molar-refractivity contribution in [2.45, 2.75) is 6.92 Å². The molecule has 0 atom stereocenters. The van der Waals surface area contributed by atoms with Crippen LogP contribution in [0.2, 0.25) is 5.02 Å². The molecular weight excluding hydrogens is 192 g/mol. The second-order valence-corrected chi connectivity index (χ2v) is 2.43. The minimum atomic E-state index is -0.218. The van der Waals surface area contributed by atoms with Gasteiger partial charge in [0.05, 0.1) is 0 Å². The zero-order chi connectivity index (χ0) is 9.40. The molecular formula is C8H13ClN2O2. The molecule has 0 fully saturated rings. The average Bonchev–Trinajstić information content (AvgIpc) is 2.07. The Labute approximate surface area is 82.0 Å². The fourth-order valence-corrected chi connectivity index (χ4v) is 0.560. The van der Waals surface area contributed by atoms with E-state index in [-0.39, 0.29) is 11.4 Å². The lowest BCUT2D eigenvalue weighted by Crippen LogP contribution is -2.26. The first-order chi connectivity index (χ1) is 5.66. The van der Waals surface area contributed by atoms with Crippen LogP contribution in [0.4, 0.5) is 0 Å². The normalized spacial score (nSPS) is 7.31. The minimum Gasteiger partial charge on any atom is -0.412 e. The summed E-state index contributed by atoms with van der Waals surface area (Å²) in [6.07, 6.45) is 0. The highest BCUT2D eigenvalue weighted by atomic mass is 35.5. The van der Waals surface area contributed by atoms with Crippen LogP contribution < -0.4 is 11.3 Å². The van der Waals surface area contributed by atoms with Gasteiger partial charge in [-0.3, -0.25) is 10.2 Å². The van der Waals surface area contributed by atoms with E-state index < -0.39 is 0 Å². The molecule has 0 aromatic heterocycles. The summed E-state index contributed by atoms with van der Waals surface area (Å²) >= 11 is 5.54. The van der Waals surface area contributed by atoms with E-state index in [1.165, 1.54) is 6.92 Å². The molecule has 5 heteroatoms. The topological polar surface area (TPSA) is 86.6 Å². The zero-order valence-electron chi connectivity index (χ0n) is 7.25. The number of hydrazine groups is 1. The van der Waals surface area contributed by atoms with Crippen LogP contribution in [0.1, 0.15) is 6.92 Å². The average molecular weight is 205 g/mol. The van der Waals surface area contributed by atoms with Crippen molar-refractivity contribution in [3.05, 3.63) is 35.4 Å². The molecule has 0 saturated carbocycles. The van der Waals surface area contributed by atoms with Gasteiger partial charge in [0, 0.05) is 11.9 Å². The number of amides is 1. The lowest BCUT2D eigenvalue weighted by molar-refractivity contribution is -0.119. The van der Waals surface area contributed by atoms with Gasteiger partial charge in [0.25, 0.3) is 0 Å². The molecule has 0 aliphatic heterocycles. The van der Waals surface area contributed by atoms with Gasteiger partial charge < -0.3 is 5.48 Å². The third-order valence-electron chi connectivity index (χ3n) is 0.936. The van der Waals surface area contributed by atoms with Gasteiger partial charge in [-0.25, -0.2) is 5.84 Å². The summed E-state index contributed by atoms with van der Waals surface area (Å²) in [5.74, 6) is 4.35. The maximum atomic E-state index is 9.58. The first-order valence-electron chi connectivity index (χ1n) is 3.34. The molecule has 1 aromatic carbocycles. The van der Waals surface area contributed by atoms with Crippen LogP contribution in [0.25, 0.3) is 0 Å². The van der Waals surface area contributed by atoms with Gasteiger partial charge in [0.2, 0.25) is 5.91 Å². The molecule has 0 unspecified atom stereocenters. The maximum absolute atomic E-state index is 9.58. The van der Waals surface area contributed by atoms with Gasteiger partial charge in [-0.15, -0.1) is 0 Å². The van der Waals surface area contributed by atoms with Gasteiger partial charge >= 0.3 is 0 Å². The summed E-state index contributed by atoms with van der Waals surface area (Å²) in [6, 6.07) is 9.44. The summed E-state index contributed by atoms with van der Waals surface area (Å²) in [5, 5.41) is 0.794. The van der Waals surface area contributed by atoms with E-state index >= 15 is 0 Å². The van der Waals surface area contributed by atoms with Gasteiger partial charge in [0.15, 0.2) is 0 Å². The van der Waals surface area contributed by atoms with Crippen molar-refractivity contribution < 1.29 is 10.3 Å². The van der Waals surface area contributed by atoms with Crippen LogP contribution in [-0.4, -0.2) is 11.4 Å². The summed E-state index contributed by atoms with van der Waals surface area (Å²) in [6.45, 7) is 1.35. The summed E-state index contributed by atoms with van der Waals surface area (Å²) in [7, 11) is 0. The van der Waals surface area contributed by atoms with Crippen LogP contribution >= 0.6 is 11.6 Å². The van der Waals surface area contributed by atoms with Crippen molar-refractivity contribution in [3.8, 4) is 0 Å². The molecule has 1 aromatic rings. The molecule has 5 N–H and O–H groups in total. The van der Waals surface area contributed by atoms with Crippen molar-refractivity contribution in [1.82, 2.24) is 5.43 Å². The number of nitrogens with one attached hydrogen (secondary N) is 1. The summed E-state index contributed by atoms with van der Waals surface area (Å²) < 4.78 is 0. The molecule has 0 aliphatic rings. The Kier molecular flexibility index (Phi) is 9.98. The van der Waals surface area contributed by atoms with Crippen LogP contribution in [0.3, 0.4) is 0 Å². The van der Waals surface area contributed by atoms with Gasteiger partial charge in [0.1, 0.15) is 0 Å². The van der Waals surface area contributed by atoms with Gasteiger partial charge in [-0.1, -0.05) is 29.8 Å². The van der Waals surface area contributed by atoms with E-state index in [1.54, 1.807) is 0 Å². The van der Waals surface area contributed by atoms with Crippen LogP contribution in [0, 0.1) is 0 Å². The number of hydrogen-bond donors (Lipinski definition) is 2. The van der Waals surface area contributed by atoms with Gasteiger partial charge in [-0.05, 0) is 12.1 Å². The van der Waals surface area contributed by atoms with E-state index in [2.05, 4.69) is 5.84 Å². The monoisotopic (exact) mass is 204 g/mol. The fourth-order valence-electron chi connectivity index (χ4n) is 0.415. The molecule has 0 spiro atoms. The van der Waals surface area contributed by atoms with E-state index in [4.69, 9.17) is 11.6 Å². The molecule has 0 saturated heterocycles. The van der Waals surface area contributed by atoms with Crippen LogP contribution in [-0.2, 0) is 4.79 Å². The van der Waals surface area contributed by atoms with Crippen LogP contribution in [0.5, 0.6) is 0 Å². The molecule has 1 rings (SSSR count). The van der Waals surface area contributed by atoms with Crippen molar-refractivity contribution >= 4 is 17.5 Å². The highest BCUT2D eigenvalue weighted by molar-refractivity contribution is 6.30. The molecule has 13 heavy (non-hydrogen) atoms. The molecule has 4 nitrogen and oxygen atoms in total. The second kappa shape index (κ2) is 8.99. The third kappa shape index (κ3) is 10.9. The van der Waals surface area contributed by atoms with E-state index in [0.717, 1.165) is 5.02 Å². The quantitative estimate of drug-likeness (QED) is 0.367. The second-order valence-electron chi connectivity index (χ2n) is 2.00.